The SMILES string of the molecule is CC1CCC(N(C)Cc2c(CN)sc3ccccc23)CC1. The second kappa shape index (κ2) is 6.47. The summed E-state index contributed by atoms with van der Waals surface area (Å²) in [7, 11) is 2.29. The summed E-state index contributed by atoms with van der Waals surface area (Å²) in [5.41, 5.74) is 7.44. The molecule has 1 aliphatic carbocycles. The van der Waals surface area contributed by atoms with Gasteiger partial charge in [-0.15, -0.1) is 11.3 Å². The molecule has 114 valence electrons. The molecule has 2 nitrogen and oxygen atoms in total. The van der Waals surface area contributed by atoms with Crippen LogP contribution in [-0.4, -0.2) is 18.0 Å². The smallest absolute Gasteiger partial charge is 0.0349 e. The van der Waals surface area contributed by atoms with Gasteiger partial charge in [0, 0.05) is 28.7 Å². The van der Waals surface area contributed by atoms with E-state index in [0.29, 0.717) is 6.54 Å². The number of hydrogen-bond acceptors (Lipinski definition) is 3. The molecule has 1 fully saturated rings. The van der Waals surface area contributed by atoms with Crippen molar-refractivity contribution in [1.82, 2.24) is 4.90 Å². The minimum absolute atomic E-state index is 0.657. The quantitative estimate of drug-likeness (QED) is 0.908. The van der Waals surface area contributed by atoms with Crippen molar-refractivity contribution in [3.63, 3.8) is 0 Å². The average Bonchev–Trinajstić information content (AvgIpc) is 2.86. The van der Waals surface area contributed by atoms with E-state index in [0.717, 1.165) is 18.5 Å². The summed E-state index contributed by atoms with van der Waals surface area (Å²) in [4.78, 5) is 3.91. The van der Waals surface area contributed by atoms with Gasteiger partial charge in [-0.25, -0.2) is 0 Å². The Morgan fingerprint density at radius 1 is 1.19 bits per heavy atom. The Labute approximate surface area is 131 Å². The van der Waals surface area contributed by atoms with Crippen LogP contribution in [0.2, 0.25) is 0 Å². The van der Waals surface area contributed by atoms with Crippen LogP contribution in [0, 0.1) is 5.92 Å². The first kappa shape index (κ1) is 15.0. The van der Waals surface area contributed by atoms with E-state index in [9.17, 15) is 0 Å². The number of thiophene rings is 1. The zero-order valence-electron chi connectivity index (χ0n) is 13.1. The van der Waals surface area contributed by atoms with Gasteiger partial charge in [-0.3, -0.25) is 4.90 Å². The van der Waals surface area contributed by atoms with Crippen LogP contribution in [-0.2, 0) is 13.1 Å². The number of nitrogens with zero attached hydrogens (tertiary/aromatic N) is 1. The summed E-state index contributed by atoms with van der Waals surface area (Å²) < 4.78 is 1.37. The van der Waals surface area contributed by atoms with Gasteiger partial charge in [-0.05, 0) is 55.7 Å². The van der Waals surface area contributed by atoms with E-state index in [1.165, 1.54) is 46.2 Å². The maximum Gasteiger partial charge on any atom is 0.0349 e. The molecule has 0 bridgehead atoms. The third-order valence-electron chi connectivity index (χ3n) is 4.98. The van der Waals surface area contributed by atoms with Gasteiger partial charge in [0.2, 0.25) is 0 Å². The molecule has 0 aliphatic heterocycles. The van der Waals surface area contributed by atoms with Crippen LogP contribution < -0.4 is 5.73 Å². The number of benzene rings is 1. The molecule has 1 aromatic carbocycles. The maximum atomic E-state index is 5.98. The Bertz CT molecular complexity index is 596. The van der Waals surface area contributed by atoms with Crippen molar-refractivity contribution in [2.75, 3.05) is 7.05 Å². The molecule has 0 saturated heterocycles. The van der Waals surface area contributed by atoms with Gasteiger partial charge in [0.15, 0.2) is 0 Å². The molecule has 0 spiro atoms. The molecule has 0 atom stereocenters. The van der Waals surface area contributed by atoms with E-state index in [4.69, 9.17) is 5.73 Å². The van der Waals surface area contributed by atoms with Crippen molar-refractivity contribution in [2.45, 2.75) is 51.7 Å². The van der Waals surface area contributed by atoms with E-state index >= 15 is 0 Å². The van der Waals surface area contributed by atoms with Crippen LogP contribution in [0.3, 0.4) is 0 Å². The predicted octanol–water partition coefficient (Wildman–Crippen LogP) is 4.37. The Kier molecular flexibility index (Phi) is 4.63. The summed E-state index contributed by atoms with van der Waals surface area (Å²) >= 11 is 1.86. The van der Waals surface area contributed by atoms with E-state index in [2.05, 4.69) is 43.1 Å². The highest BCUT2D eigenvalue weighted by atomic mass is 32.1. The normalized spacial score (nSPS) is 23.0. The maximum absolute atomic E-state index is 5.98. The standard InChI is InChI=1S/C18H26N2S/c1-13-7-9-14(10-8-13)20(2)12-16-15-5-3-4-6-17(15)21-18(16)11-19/h3-6,13-14H,7-12,19H2,1-2H3. The van der Waals surface area contributed by atoms with Crippen LogP contribution in [0.4, 0.5) is 0 Å². The Balaban J connectivity index is 1.80. The van der Waals surface area contributed by atoms with Crippen LogP contribution in [0.25, 0.3) is 10.1 Å². The van der Waals surface area contributed by atoms with Crippen molar-refractivity contribution < 1.29 is 0 Å². The molecule has 0 unspecified atom stereocenters. The first-order valence-electron chi connectivity index (χ1n) is 8.08. The van der Waals surface area contributed by atoms with Gasteiger partial charge >= 0.3 is 0 Å². The van der Waals surface area contributed by atoms with E-state index in [1.807, 2.05) is 11.3 Å². The predicted molar refractivity (Wildman–Crippen MR) is 92.6 cm³/mol. The molecule has 21 heavy (non-hydrogen) atoms. The van der Waals surface area contributed by atoms with Crippen molar-refractivity contribution in [3.05, 3.63) is 34.7 Å². The molecule has 0 radical (unpaired) electrons. The van der Waals surface area contributed by atoms with Gasteiger partial charge < -0.3 is 5.73 Å². The second-order valence-electron chi connectivity index (χ2n) is 6.53. The van der Waals surface area contributed by atoms with Gasteiger partial charge in [0.05, 0.1) is 0 Å². The molecule has 1 heterocycles. The molecule has 1 saturated carbocycles. The zero-order valence-corrected chi connectivity index (χ0v) is 14.0. The molecule has 2 N–H and O–H groups in total. The molecule has 3 rings (SSSR count). The van der Waals surface area contributed by atoms with Gasteiger partial charge in [-0.2, -0.15) is 0 Å². The van der Waals surface area contributed by atoms with E-state index in [-0.39, 0.29) is 0 Å². The first-order chi connectivity index (χ1) is 10.2. The van der Waals surface area contributed by atoms with Gasteiger partial charge in [0.25, 0.3) is 0 Å². The number of rotatable bonds is 4. The molecule has 3 heteroatoms. The summed E-state index contributed by atoms with van der Waals surface area (Å²) in [5.74, 6) is 0.913. The highest BCUT2D eigenvalue weighted by Gasteiger charge is 2.23. The van der Waals surface area contributed by atoms with Crippen LogP contribution in [0.15, 0.2) is 24.3 Å². The molecular formula is C18H26N2S. The highest BCUT2D eigenvalue weighted by molar-refractivity contribution is 7.19. The van der Waals surface area contributed by atoms with Crippen LogP contribution in [0.1, 0.15) is 43.0 Å². The van der Waals surface area contributed by atoms with Crippen LogP contribution in [0.5, 0.6) is 0 Å². The lowest BCUT2D eigenvalue weighted by Crippen LogP contribution is -2.34. The molecule has 2 aromatic rings. The molecule has 1 aliphatic rings. The molecule has 1 aromatic heterocycles. The average molecular weight is 302 g/mol. The van der Waals surface area contributed by atoms with Crippen molar-refractivity contribution >= 4 is 21.4 Å². The Morgan fingerprint density at radius 3 is 2.62 bits per heavy atom. The van der Waals surface area contributed by atoms with Gasteiger partial charge in [0.1, 0.15) is 0 Å². The fourth-order valence-electron chi connectivity index (χ4n) is 3.55. The monoisotopic (exact) mass is 302 g/mol. The van der Waals surface area contributed by atoms with Gasteiger partial charge in [-0.1, -0.05) is 25.1 Å². The Hall–Kier alpha value is -0.900. The fourth-order valence-corrected chi connectivity index (χ4v) is 4.64. The lowest BCUT2D eigenvalue weighted by molar-refractivity contribution is 0.164. The van der Waals surface area contributed by atoms with Crippen LogP contribution >= 0.6 is 11.3 Å². The summed E-state index contributed by atoms with van der Waals surface area (Å²) in [6, 6.07) is 9.46. The summed E-state index contributed by atoms with van der Waals surface area (Å²) in [5, 5.41) is 1.40. The van der Waals surface area contributed by atoms with E-state index < -0.39 is 0 Å². The summed E-state index contributed by atoms with van der Waals surface area (Å²) in [6.07, 6.45) is 5.45. The third kappa shape index (κ3) is 3.15. The fraction of sp³-hybridized carbons (Fsp3) is 0.556. The summed E-state index contributed by atoms with van der Waals surface area (Å²) in [6.45, 7) is 4.08. The lowest BCUT2D eigenvalue weighted by Gasteiger charge is -2.33. The van der Waals surface area contributed by atoms with Crippen molar-refractivity contribution in [3.8, 4) is 0 Å². The third-order valence-corrected chi connectivity index (χ3v) is 6.22. The van der Waals surface area contributed by atoms with Crippen molar-refractivity contribution in [1.29, 1.82) is 0 Å². The topological polar surface area (TPSA) is 29.3 Å². The molecule has 0 amide bonds. The minimum atomic E-state index is 0.657. The largest absolute Gasteiger partial charge is 0.326 e. The van der Waals surface area contributed by atoms with Crippen molar-refractivity contribution in [2.24, 2.45) is 11.7 Å². The minimum Gasteiger partial charge on any atom is -0.326 e. The second-order valence-corrected chi connectivity index (χ2v) is 7.67. The number of fused-ring (bicyclic) bond motifs is 1. The first-order valence-corrected chi connectivity index (χ1v) is 8.90. The lowest BCUT2D eigenvalue weighted by atomic mass is 9.86. The highest BCUT2D eigenvalue weighted by Crippen LogP contribution is 2.33. The zero-order chi connectivity index (χ0) is 14.8. The number of nitrogens with two attached hydrogens (primary N) is 1. The van der Waals surface area contributed by atoms with E-state index in [1.54, 1.807) is 0 Å². The Morgan fingerprint density at radius 2 is 1.90 bits per heavy atom. The number of hydrogen-bond donors (Lipinski definition) is 1. The molecular weight excluding hydrogens is 276 g/mol.